The molecule has 1 heterocycles. The normalized spacial score (nSPS) is 12.0. The van der Waals surface area contributed by atoms with Crippen LogP contribution in [0.25, 0.3) is 22.4 Å². The Balaban J connectivity index is 2.30. The molecule has 21 heavy (non-hydrogen) atoms. The van der Waals surface area contributed by atoms with Crippen molar-refractivity contribution < 1.29 is 13.0 Å². The summed E-state index contributed by atoms with van der Waals surface area (Å²) < 4.78 is 33.9. The van der Waals surface area contributed by atoms with E-state index in [0.29, 0.717) is 16.9 Å². The lowest BCUT2D eigenvalue weighted by molar-refractivity contribution is 0.483. The molecule has 0 atom stereocenters. The first kappa shape index (κ1) is 14.7. The van der Waals surface area contributed by atoms with Gasteiger partial charge in [0.2, 0.25) is 0 Å². The first-order valence-electron chi connectivity index (χ1n) is 5.78. The number of H-pyrrole nitrogens is 1. The highest BCUT2D eigenvalue weighted by atomic mass is 79.9. The van der Waals surface area contributed by atoms with Crippen molar-refractivity contribution in [2.24, 2.45) is 0 Å². The number of hydrogen-bond acceptors (Lipinski definition) is 3. The number of benzene rings is 2. The summed E-state index contributed by atoms with van der Waals surface area (Å²) >= 11 is 6.79. The average molecular weight is 432 g/mol. The minimum atomic E-state index is -4.32. The number of imidazole rings is 1. The molecule has 8 heteroatoms. The second kappa shape index (κ2) is 5.20. The van der Waals surface area contributed by atoms with Crippen LogP contribution in [-0.4, -0.2) is 22.9 Å². The van der Waals surface area contributed by atoms with Crippen molar-refractivity contribution in [3.63, 3.8) is 0 Å². The number of nitrogens with one attached hydrogen (secondary N) is 1. The van der Waals surface area contributed by atoms with Gasteiger partial charge in [-0.15, -0.1) is 0 Å². The van der Waals surface area contributed by atoms with E-state index in [1.54, 1.807) is 18.2 Å². The Morgan fingerprint density at radius 1 is 1.14 bits per heavy atom. The molecule has 0 aliphatic rings. The summed E-state index contributed by atoms with van der Waals surface area (Å²) in [6.07, 6.45) is 0. The third-order valence-corrected chi connectivity index (χ3v) is 4.90. The quantitative estimate of drug-likeness (QED) is 0.600. The Morgan fingerprint density at radius 3 is 2.57 bits per heavy atom. The van der Waals surface area contributed by atoms with Gasteiger partial charge in [-0.25, -0.2) is 4.98 Å². The summed E-state index contributed by atoms with van der Waals surface area (Å²) in [5.74, 6) is 0.372. The Hall–Kier alpha value is -1.22. The Bertz CT molecular complexity index is 951. The maximum atomic E-state index is 11.5. The molecule has 0 aliphatic heterocycles. The van der Waals surface area contributed by atoms with Crippen molar-refractivity contribution in [1.82, 2.24) is 9.97 Å². The van der Waals surface area contributed by atoms with Crippen LogP contribution in [0.2, 0.25) is 0 Å². The van der Waals surface area contributed by atoms with E-state index in [4.69, 9.17) is 0 Å². The van der Waals surface area contributed by atoms with Crippen LogP contribution in [0.15, 0.2) is 50.2 Å². The van der Waals surface area contributed by atoms with Crippen LogP contribution in [-0.2, 0) is 10.1 Å². The summed E-state index contributed by atoms with van der Waals surface area (Å²) in [7, 11) is -4.32. The third-order valence-electron chi connectivity index (χ3n) is 2.92. The molecule has 2 aromatic carbocycles. The molecule has 0 saturated carbocycles. The van der Waals surface area contributed by atoms with Gasteiger partial charge in [-0.3, -0.25) is 4.55 Å². The number of fused-ring (bicyclic) bond motifs is 1. The fourth-order valence-corrected chi connectivity index (χ4v) is 4.06. The molecular weight excluding hydrogens is 424 g/mol. The maximum Gasteiger partial charge on any atom is 0.295 e. The maximum absolute atomic E-state index is 11.5. The number of aromatic amines is 1. The lowest BCUT2D eigenvalue weighted by Gasteiger charge is -2.03. The van der Waals surface area contributed by atoms with Crippen LogP contribution in [0.5, 0.6) is 0 Å². The van der Waals surface area contributed by atoms with Crippen molar-refractivity contribution >= 4 is 53.0 Å². The van der Waals surface area contributed by atoms with Crippen LogP contribution < -0.4 is 0 Å². The summed E-state index contributed by atoms with van der Waals surface area (Å²) in [5, 5.41) is 0. The predicted molar refractivity (Wildman–Crippen MR) is 86.7 cm³/mol. The molecule has 0 spiro atoms. The molecule has 0 fully saturated rings. The molecule has 0 aliphatic carbocycles. The molecule has 3 rings (SSSR count). The summed E-state index contributed by atoms with van der Waals surface area (Å²) in [6, 6.07) is 9.84. The minimum Gasteiger partial charge on any atom is -0.338 e. The Kier molecular flexibility index (Phi) is 3.64. The van der Waals surface area contributed by atoms with Gasteiger partial charge in [0.1, 0.15) is 16.2 Å². The zero-order valence-electron chi connectivity index (χ0n) is 10.3. The van der Waals surface area contributed by atoms with Crippen molar-refractivity contribution in [3.05, 3.63) is 45.3 Å². The lowest BCUT2D eigenvalue weighted by Crippen LogP contribution is -2.01. The lowest BCUT2D eigenvalue weighted by atomic mass is 10.2. The zero-order chi connectivity index (χ0) is 15.2. The van der Waals surface area contributed by atoms with Crippen LogP contribution in [0.4, 0.5) is 0 Å². The third kappa shape index (κ3) is 2.76. The Morgan fingerprint density at radius 2 is 1.86 bits per heavy atom. The van der Waals surface area contributed by atoms with Gasteiger partial charge in [0.15, 0.2) is 0 Å². The molecule has 0 unspecified atom stereocenters. The number of aromatic nitrogens is 2. The molecule has 3 aromatic rings. The van der Waals surface area contributed by atoms with Gasteiger partial charge in [0.05, 0.1) is 5.52 Å². The van der Waals surface area contributed by atoms with Gasteiger partial charge in [-0.05, 0) is 40.2 Å². The first-order valence-corrected chi connectivity index (χ1v) is 8.80. The largest absolute Gasteiger partial charge is 0.338 e. The van der Waals surface area contributed by atoms with Crippen LogP contribution in [0.3, 0.4) is 0 Å². The standard InChI is InChI=1S/C13H8Br2N2O3S/c14-7-5-9(15)12-10(6-7)16-13(17-12)8-3-1-2-4-11(8)21(18,19)20/h1-6H,(H,16,17)(H,18,19,20). The fourth-order valence-electron chi connectivity index (χ4n) is 2.06. The smallest absolute Gasteiger partial charge is 0.295 e. The monoisotopic (exact) mass is 430 g/mol. The van der Waals surface area contributed by atoms with Crippen molar-refractivity contribution in [2.45, 2.75) is 4.90 Å². The van der Waals surface area contributed by atoms with Gasteiger partial charge >= 0.3 is 0 Å². The number of rotatable bonds is 2. The number of halogens is 2. The molecule has 0 bridgehead atoms. The molecule has 0 radical (unpaired) electrons. The van der Waals surface area contributed by atoms with Crippen LogP contribution in [0.1, 0.15) is 0 Å². The van der Waals surface area contributed by atoms with Crippen molar-refractivity contribution in [1.29, 1.82) is 0 Å². The molecular formula is C13H8Br2N2O3S. The predicted octanol–water partition coefficient (Wildman–Crippen LogP) is 4.00. The molecule has 0 amide bonds. The molecule has 108 valence electrons. The minimum absolute atomic E-state index is 0.181. The van der Waals surface area contributed by atoms with E-state index in [9.17, 15) is 13.0 Å². The second-order valence-electron chi connectivity index (χ2n) is 4.34. The van der Waals surface area contributed by atoms with Gasteiger partial charge in [0.25, 0.3) is 10.1 Å². The zero-order valence-corrected chi connectivity index (χ0v) is 14.3. The van der Waals surface area contributed by atoms with Crippen LogP contribution in [0, 0.1) is 0 Å². The molecule has 2 N–H and O–H groups in total. The average Bonchev–Trinajstić information content (AvgIpc) is 2.81. The first-order chi connectivity index (χ1) is 9.86. The van der Waals surface area contributed by atoms with E-state index in [1.807, 2.05) is 12.1 Å². The Labute approximate surface area is 137 Å². The SMILES string of the molecule is O=S(=O)(O)c1ccccc1-c1nc2c(Br)cc(Br)cc2[nH]1. The van der Waals surface area contributed by atoms with Crippen molar-refractivity contribution in [3.8, 4) is 11.4 Å². The van der Waals surface area contributed by atoms with Gasteiger partial charge in [-0.1, -0.05) is 28.1 Å². The summed E-state index contributed by atoms with van der Waals surface area (Å²) in [6.45, 7) is 0. The van der Waals surface area contributed by atoms with Crippen molar-refractivity contribution in [2.75, 3.05) is 0 Å². The second-order valence-corrected chi connectivity index (χ2v) is 7.50. The van der Waals surface area contributed by atoms with E-state index < -0.39 is 10.1 Å². The molecule has 0 saturated heterocycles. The van der Waals surface area contributed by atoms with E-state index in [-0.39, 0.29) is 4.90 Å². The van der Waals surface area contributed by atoms with Gasteiger partial charge in [-0.2, -0.15) is 8.42 Å². The van der Waals surface area contributed by atoms with E-state index in [2.05, 4.69) is 41.8 Å². The topological polar surface area (TPSA) is 83.1 Å². The van der Waals surface area contributed by atoms with E-state index in [0.717, 1.165) is 14.5 Å². The fraction of sp³-hybridized carbons (Fsp3) is 0. The van der Waals surface area contributed by atoms with E-state index in [1.165, 1.54) is 6.07 Å². The highest BCUT2D eigenvalue weighted by Gasteiger charge is 2.18. The van der Waals surface area contributed by atoms with Gasteiger partial charge < -0.3 is 4.98 Å². The summed E-state index contributed by atoms with van der Waals surface area (Å²) in [4.78, 5) is 7.28. The number of hydrogen-bond donors (Lipinski definition) is 2. The molecule has 1 aromatic heterocycles. The van der Waals surface area contributed by atoms with E-state index >= 15 is 0 Å². The highest BCUT2D eigenvalue weighted by molar-refractivity contribution is 9.11. The van der Waals surface area contributed by atoms with Crippen LogP contribution >= 0.6 is 31.9 Å². The van der Waals surface area contributed by atoms with Gasteiger partial charge in [0, 0.05) is 14.5 Å². The number of nitrogens with zero attached hydrogens (tertiary/aromatic N) is 1. The summed E-state index contributed by atoms with van der Waals surface area (Å²) in [5.41, 5.74) is 1.74. The highest BCUT2D eigenvalue weighted by Crippen LogP contribution is 2.31. The molecule has 5 nitrogen and oxygen atoms in total.